The third kappa shape index (κ3) is 2.40. The first-order valence-corrected chi connectivity index (χ1v) is 6.64. The fourth-order valence-corrected chi connectivity index (χ4v) is 2.25. The van der Waals surface area contributed by atoms with Gasteiger partial charge in [0.1, 0.15) is 5.82 Å². The van der Waals surface area contributed by atoms with Gasteiger partial charge in [-0.25, -0.2) is 9.78 Å². The van der Waals surface area contributed by atoms with E-state index in [1.165, 1.54) is 29.1 Å². The van der Waals surface area contributed by atoms with E-state index in [0.29, 0.717) is 5.82 Å². The fraction of sp³-hybridized carbons (Fsp3) is 0. The lowest BCUT2D eigenvalue weighted by molar-refractivity contribution is 0.0691. The van der Waals surface area contributed by atoms with E-state index in [9.17, 15) is 14.7 Å². The van der Waals surface area contributed by atoms with Gasteiger partial charge in [0.15, 0.2) is 0 Å². The topological polar surface area (TPSA) is 72.2 Å². The highest BCUT2D eigenvalue weighted by atomic mass is 16.4. The van der Waals surface area contributed by atoms with Gasteiger partial charge in [-0.1, -0.05) is 42.5 Å². The Hall–Kier alpha value is -3.21. The van der Waals surface area contributed by atoms with Crippen molar-refractivity contribution in [1.82, 2.24) is 9.55 Å². The number of hydrogen-bond donors (Lipinski definition) is 1. The van der Waals surface area contributed by atoms with Crippen LogP contribution < -0.4 is 0 Å². The zero-order chi connectivity index (χ0) is 15.5. The molecule has 0 saturated heterocycles. The summed E-state index contributed by atoms with van der Waals surface area (Å²) >= 11 is 0. The molecule has 2 aromatic carbocycles. The lowest BCUT2D eigenvalue weighted by Gasteiger charge is -2.09. The number of aromatic carboxylic acids is 1. The second kappa shape index (κ2) is 5.65. The maximum Gasteiger partial charge on any atom is 0.336 e. The molecule has 0 amide bonds. The maximum atomic E-state index is 12.7. The average Bonchev–Trinajstić information content (AvgIpc) is 3.04. The molecule has 22 heavy (non-hydrogen) atoms. The molecule has 0 radical (unpaired) electrons. The van der Waals surface area contributed by atoms with E-state index < -0.39 is 11.9 Å². The van der Waals surface area contributed by atoms with E-state index in [2.05, 4.69) is 4.98 Å². The number of hydrogen-bond acceptors (Lipinski definition) is 3. The number of carboxylic acid groups (broad SMARTS) is 1. The molecule has 1 heterocycles. The highest BCUT2D eigenvalue weighted by Crippen LogP contribution is 2.19. The van der Waals surface area contributed by atoms with Crippen LogP contribution in [0, 0.1) is 0 Å². The van der Waals surface area contributed by atoms with Crippen LogP contribution in [0.1, 0.15) is 20.7 Å². The van der Waals surface area contributed by atoms with Gasteiger partial charge in [-0.3, -0.25) is 9.36 Å². The molecule has 0 saturated carbocycles. The van der Waals surface area contributed by atoms with E-state index in [1.807, 2.05) is 30.3 Å². The van der Waals surface area contributed by atoms with Crippen molar-refractivity contribution in [2.45, 2.75) is 0 Å². The summed E-state index contributed by atoms with van der Waals surface area (Å²) in [5.74, 6) is -1.08. The second-order valence-corrected chi connectivity index (χ2v) is 4.64. The quantitative estimate of drug-likeness (QED) is 0.805. The number of rotatable bonds is 3. The van der Waals surface area contributed by atoms with Crippen molar-refractivity contribution in [1.29, 1.82) is 0 Å². The lowest BCUT2D eigenvalue weighted by Crippen LogP contribution is -2.16. The molecule has 0 atom stereocenters. The molecule has 0 aliphatic heterocycles. The molecular weight excluding hydrogens is 280 g/mol. The molecule has 108 valence electrons. The van der Waals surface area contributed by atoms with E-state index in [1.54, 1.807) is 12.1 Å². The first-order chi connectivity index (χ1) is 10.7. The van der Waals surface area contributed by atoms with Crippen LogP contribution in [0.25, 0.3) is 11.4 Å². The zero-order valence-electron chi connectivity index (χ0n) is 11.5. The van der Waals surface area contributed by atoms with Crippen molar-refractivity contribution < 1.29 is 14.7 Å². The van der Waals surface area contributed by atoms with Crippen molar-refractivity contribution in [3.05, 3.63) is 78.1 Å². The number of benzene rings is 2. The van der Waals surface area contributed by atoms with Crippen molar-refractivity contribution >= 4 is 11.9 Å². The Bertz CT molecular complexity index is 838. The highest BCUT2D eigenvalue weighted by Gasteiger charge is 2.19. The van der Waals surface area contributed by atoms with Gasteiger partial charge >= 0.3 is 5.97 Å². The van der Waals surface area contributed by atoms with E-state index >= 15 is 0 Å². The Morgan fingerprint density at radius 1 is 0.909 bits per heavy atom. The van der Waals surface area contributed by atoms with Crippen LogP contribution in [0.15, 0.2) is 67.0 Å². The molecule has 3 aromatic rings. The molecule has 5 heteroatoms. The van der Waals surface area contributed by atoms with Gasteiger partial charge in [-0.05, 0) is 12.1 Å². The number of carbonyl (C=O) groups excluding carboxylic acids is 1. The minimum absolute atomic E-state index is 0.0276. The fourth-order valence-electron chi connectivity index (χ4n) is 2.25. The van der Waals surface area contributed by atoms with Crippen LogP contribution in [0.4, 0.5) is 0 Å². The van der Waals surface area contributed by atoms with Gasteiger partial charge in [0.2, 0.25) is 0 Å². The molecule has 3 rings (SSSR count). The molecule has 0 fully saturated rings. The predicted octanol–water partition coefficient (Wildman–Crippen LogP) is 2.94. The van der Waals surface area contributed by atoms with Crippen LogP contribution in [0.2, 0.25) is 0 Å². The molecule has 0 unspecified atom stereocenters. The standard InChI is InChI=1S/C17H12N2O3/c20-16(13-8-4-5-9-14(13)17(21)22)19-11-10-18-15(19)12-6-2-1-3-7-12/h1-11H,(H,21,22). The summed E-state index contributed by atoms with van der Waals surface area (Å²) in [5.41, 5.74) is 0.888. The smallest absolute Gasteiger partial charge is 0.336 e. The molecule has 0 aliphatic carbocycles. The number of carbonyl (C=O) groups is 2. The minimum Gasteiger partial charge on any atom is -0.478 e. The lowest BCUT2D eigenvalue weighted by atomic mass is 10.1. The summed E-state index contributed by atoms with van der Waals surface area (Å²) in [6.07, 6.45) is 3.05. The molecule has 1 N–H and O–H groups in total. The van der Waals surface area contributed by atoms with E-state index in [4.69, 9.17) is 0 Å². The largest absolute Gasteiger partial charge is 0.478 e. The molecule has 1 aromatic heterocycles. The summed E-state index contributed by atoms with van der Waals surface area (Å²) in [4.78, 5) is 28.2. The van der Waals surface area contributed by atoms with Gasteiger partial charge in [0.05, 0.1) is 11.1 Å². The highest BCUT2D eigenvalue weighted by molar-refractivity contribution is 6.06. The van der Waals surface area contributed by atoms with Gasteiger partial charge < -0.3 is 5.11 Å². The van der Waals surface area contributed by atoms with Gasteiger partial charge in [-0.15, -0.1) is 0 Å². The first-order valence-electron chi connectivity index (χ1n) is 6.64. The molecule has 5 nitrogen and oxygen atoms in total. The molecular formula is C17H12N2O3. The number of carboxylic acids is 1. The Morgan fingerprint density at radius 2 is 1.55 bits per heavy atom. The van der Waals surface area contributed by atoms with Gasteiger partial charge in [0.25, 0.3) is 5.91 Å². The van der Waals surface area contributed by atoms with E-state index in [-0.39, 0.29) is 11.1 Å². The second-order valence-electron chi connectivity index (χ2n) is 4.64. The molecule has 0 aliphatic rings. The van der Waals surface area contributed by atoms with Crippen molar-refractivity contribution in [3.8, 4) is 11.4 Å². The SMILES string of the molecule is O=C(O)c1ccccc1C(=O)n1ccnc1-c1ccccc1. The summed E-state index contributed by atoms with van der Waals surface area (Å²) in [7, 11) is 0. The summed E-state index contributed by atoms with van der Waals surface area (Å²) in [6.45, 7) is 0. The van der Waals surface area contributed by atoms with Crippen LogP contribution in [-0.4, -0.2) is 26.5 Å². The summed E-state index contributed by atoms with van der Waals surface area (Å²) in [6, 6.07) is 15.4. The average molecular weight is 292 g/mol. The van der Waals surface area contributed by atoms with Crippen LogP contribution in [0.3, 0.4) is 0 Å². The van der Waals surface area contributed by atoms with Gasteiger partial charge in [0, 0.05) is 18.0 Å². The monoisotopic (exact) mass is 292 g/mol. The molecule has 0 spiro atoms. The third-order valence-corrected chi connectivity index (χ3v) is 3.28. The molecule has 0 bridgehead atoms. The zero-order valence-corrected chi connectivity index (χ0v) is 11.5. The summed E-state index contributed by atoms with van der Waals surface area (Å²) < 4.78 is 1.36. The van der Waals surface area contributed by atoms with Crippen LogP contribution in [-0.2, 0) is 0 Å². The number of nitrogens with zero attached hydrogens (tertiary/aromatic N) is 2. The van der Waals surface area contributed by atoms with Crippen molar-refractivity contribution in [3.63, 3.8) is 0 Å². The van der Waals surface area contributed by atoms with E-state index in [0.717, 1.165) is 5.56 Å². The number of imidazole rings is 1. The van der Waals surface area contributed by atoms with Crippen LogP contribution in [0.5, 0.6) is 0 Å². The normalized spacial score (nSPS) is 10.4. The Balaban J connectivity index is 2.09. The Labute approximate surface area is 126 Å². The van der Waals surface area contributed by atoms with Crippen LogP contribution >= 0.6 is 0 Å². The minimum atomic E-state index is -1.13. The van der Waals surface area contributed by atoms with Crippen molar-refractivity contribution in [2.24, 2.45) is 0 Å². The summed E-state index contributed by atoms with van der Waals surface area (Å²) in [5, 5.41) is 9.22. The van der Waals surface area contributed by atoms with Crippen molar-refractivity contribution in [2.75, 3.05) is 0 Å². The third-order valence-electron chi connectivity index (χ3n) is 3.28. The predicted molar refractivity (Wildman–Crippen MR) is 80.8 cm³/mol. The first kappa shape index (κ1) is 13.8. The Morgan fingerprint density at radius 3 is 2.23 bits per heavy atom. The maximum absolute atomic E-state index is 12.7. The van der Waals surface area contributed by atoms with Gasteiger partial charge in [-0.2, -0.15) is 0 Å². The number of aromatic nitrogens is 2. The Kier molecular flexibility index (Phi) is 3.53.